The van der Waals surface area contributed by atoms with Gasteiger partial charge in [0.1, 0.15) is 11.5 Å². The molecule has 1 atom stereocenters. The van der Waals surface area contributed by atoms with Crippen molar-refractivity contribution < 1.29 is 28.6 Å². The van der Waals surface area contributed by atoms with Gasteiger partial charge in [0.2, 0.25) is 5.91 Å². The smallest absolute Gasteiger partial charge is 0.311 e. The summed E-state index contributed by atoms with van der Waals surface area (Å²) in [5, 5.41) is 3.22. The molecule has 1 aliphatic heterocycles. The average Bonchev–Trinajstić information content (AvgIpc) is 3.15. The van der Waals surface area contributed by atoms with Gasteiger partial charge in [-0.25, -0.2) is 0 Å². The molecular weight excluding hydrogens is 447 g/mol. The Hall–Kier alpha value is -2.97. The molecular formula is C21H20Cl2N2O6. The van der Waals surface area contributed by atoms with Gasteiger partial charge in [0.15, 0.2) is 6.61 Å². The van der Waals surface area contributed by atoms with E-state index in [0.717, 1.165) is 0 Å². The van der Waals surface area contributed by atoms with Crippen LogP contribution in [0.3, 0.4) is 0 Å². The second-order valence-electron chi connectivity index (χ2n) is 6.72. The van der Waals surface area contributed by atoms with Gasteiger partial charge >= 0.3 is 5.97 Å². The van der Waals surface area contributed by atoms with Gasteiger partial charge in [0.25, 0.3) is 5.91 Å². The van der Waals surface area contributed by atoms with Crippen molar-refractivity contribution in [3.8, 4) is 11.5 Å². The molecule has 31 heavy (non-hydrogen) atoms. The summed E-state index contributed by atoms with van der Waals surface area (Å²) >= 11 is 11.9. The molecule has 0 aromatic heterocycles. The van der Waals surface area contributed by atoms with Crippen LogP contribution < -0.4 is 19.7 Å². The van der Waals surface area contributed by atoms with Gasteiger partial charge in [-0.1, -0.05) is 23.2 Å². The predicted molar refractivity (Wildman–Crippen MR) is 116 cm³/mol. The molecule has 8 nitrogen and oxygen atoms in total. The van der Waals surface area contributed by atoms with Crippen molar-refractivity contribution in [2.24, 2.45) is 5.92 Å². The Kier molecular flexibility index (Phi) is 7.25. The number of amides is 2. The lowest BCUT2D eigenvalue weighted by molar-refractivity contribution is -0.151. The van der Waals surface area contributed by atoms with Gasteiger partial charge in [-0.2, -0.15) is 0 Å². The lowest BCUT2D eigenvalue weighted by atomic mass is 10.1. The van der Waals surface area contributed by atoms with Crippen molar-refractivity contribution in [1.29, 1.82) is 0 Å². The van der Waals surface area contributed by atoms with Crippen LogP contribution in [-0.4, -0.2) is 45.2 Å². The van der Waals surface area contributed by atoms with E-state index in [4.69, 9.17) is 37.4 Å². The van der Waals surface area contributed by atoms with Crippen molar-refractivity contribution in [3.63, 3.8) is 0 Å². The fourth-order valence-electron chi connectivity index (χ4n) is 3.14. The number of anilines is 2. The fourth-order valence-corrected chi connectivity index (χ4v) is 3.48. The molecule has 1 heterocycles. The van der Waals surface area contributed by atoms with Crippen LogP contribution >= 0.6 is 23.2 Å². The Morgan fingerprint density at radius 1 is 1.13 bits per heavy atom. The minimum Gasteiger partial charge on any atom is -0.497 e. The Balaban J connectivity index is 1.60. The van der Waals surface area contributed by atoms with E-state index >= 15 is 0 Å². The topological polar surface area (TPSA) is 94.2 Å². The van der Waals surface area contributed by atoms with Crippen LogP contribution in [0.15, 0.2) is 36.4 Å². The molecule has 2 amide bonds. The number of benzene rings is 2. The maximum Gasteiger partial charge on any atom is 0.311 e. The molecule has 1 N–H and O–H groups in total. The van der Waals surface area contributed by atoms with E-state index in [1.54, 1.807) is 24.3 Å². The van der Waals surface area contributed by atoms with E-state index in [9.17, 15) is 14.4 Å². The Morgan fingerprint density at radius 2 is 1.90 bits per heavy atom. The molecule has 1 aliphatic rings. The van der Waals surface area contributed by atoms with Crippen LogP contribution in [0.2, 0.25) is 10.0 Å². The molecule has 2 aromatic carbocycles. The lowest BCUT2D eigenvalue weighted by Gasteiger charge is -2.20. The highest BCUT2D eigenvalue weighted by molar-refractivity contribution is 6.35. The second kappa shape index (κ2) is 9.89. The number of hydrogen-bond acceptors (Lipinski definition) is 6. The predicted octanol–water partition coefficient (Wildman–Crippen LogP) is 3.55. The Labute approximate surface area is 189 Å². The van der Waals surface area contributed by atoms with Crippen LogP contribution in [0, 0.1) is 5.92 Å². The largest absolute Gasteiger partial charge is 0.497 e. The third-order valence-electron chi connectivity index (χ3n) is 4.68. The van der Waals surface area contributed by atoms with Crippen molar-refractivity contribution in [3.05, 3.63) is 46.4 Å². The van der Waals surface area contributed by atoms with E-state index in [0.29, 0.717) is 32.9 Å². The zero-order valence-electron chi connectivity index (χ0n) is 16.8. The number of carbonyl (C=O) groups is 3. The van der Waals surface area contributed by atoms with E-state index in [-0.39, 0.29) is 18.9 Å². The van der Waals surface area contributed by atoms with Crippen molar-refractivity contribution in [2.45, 2.75) is 6.42 Å². The SMILES string of the molecule is COc1ccc(OC)c(N2C[C@H](C(=O)OCC(=O)Nc3cc(Cl)ccc3Cl)CC2=O)c1. The fraction of sp³-hybridized carbons (Fsp3) is 0.286. The summed E-state index contributed by atoms with van der Waals surface area (Å²) in [6.45, 7) is -0.419. The van der Waals surface area contributed by atoms with Crippen molar-refractivity contribution in [1.82, 2.24) is 0 Å². The third-order valence-corrected chi connectivity index (χ3v) is 5.25. The van der Waals surface area contributed by atoms with Crippen LogP contribution in [0.5, 0.6) is 11.5 Å². The summed E-state index contributed by atoms with van der Waals surface area (Å²) in [7, 11) is 3.00. The maximum atomic E-state index is 12.5. The molecule has 1 saturated heterocycles. The highest BCUT2D eigenvalue weighted by atomic mass is 35.5. The van der Waals surface area contributed by atoms with Gasteiger partial charge in [-0.3, -0.25) is 14.4 Å². The first-order valence-corrected chi connectivity index (χ1v) is 10.0. The number of methoxy groups -OCH3 is 2. The summed E-state index contributed by atoms with van der Waals surface area (Å²) in [5.74, 6) is -1.18. The summed E-state index contributed by atoms with van der Waals surface area (Å²) in [6, 6.07) is 9.65. The number of hydrogen-bond donors (Lipinski definition) is 1. The maximum absolute atomic E-state index is 12.5. The molecule has 1 fully saturated rings. The summed E-state index contributed by atoms with van der Waals surface area (Å²) < 4.78 is 15.6. The minimum atomic E-state index is -0.717. The molecule has 164 valence electrons. The first kappa shape index (κ1) is 22.7. The van der Waals surface area contributed by atoms with Gasteiger partial charge in [-0.15, -0.1) is 0 Å². The summed E-state index contributed by atoms with van der Waals surface area (Å²) in [4.78, 5) is 38.5. The molecule has 0 unspecified atom stereocenters. The van der Waals surface area contributed by atoms with Crippen LogP contribution in [0.25, 0.3) is 0 Å². The molecule has 0 saturated carbocycles. The monoisotopic (exact) mass is 466 g/mol. The second-order valence-corrected chi connectivity index (χ2v) is 7.57. The minimum absolute atomic E-state index is 0.0407. The molecule has 3 rings (SSSR count). The molecule has 10 heteroatoms. The van der Waals surface area contributed by atoms with Crippen LogP contribution in [-0.2, 0) is 19.1 Å². The number of rotatable bonds is 7. The van der Waals surface area contributed by atoms with Gasteiger partial charge < -0.3 is 24.4 Å². The van der Waals surface area contributed by atoms with E-state index < -0.39 is 24.4 Å². The van der Waals surface area contributed by atoms with Crippen molar-refractivity contribution in [2.75, 3.05) is 37.6 Å². The van der Waals surface area contributed by atoms with E-state index in [2.05, 4.69) is 5.32 Å². The first-order valence-electron chi connectivity index (χ1n) is 9.26. The number of nitrogens with zero attached hydrogens (tertiary/aromatic N) is 1. The van der Waals surface area contributed by atoms with E-state index in [1.165, 1.54) is 31.3 Å². The number of esters is 1. The van der Waals surface area contributed by atoms with Gasteiger partial charge in [0.05, 0.1) is 36.5 Å². The summed E-state index contributed by atoms with van der Waals surface area (Å²) in [5.41, 5.74) is 0.804. The Bertz CT molecular complexity index is 1010. The van der Waals surface area contributed by atoms with E-state index in [1.807, 2.05) is 0 Å². The van der Waals surface area contributed by atoms with Crippen LogP contribution in [0.1, 0.15) is 6.42 Å². The zero-order chi connectivity index (χ0) is 22.5. The normalized spacial score (nSPS) is 15.5. The Morgan fingerprint density at radius 3 is 2.61 bits per heavy atom. The van der Waals surface area contributed by atoms with Crippen LogP contribution in [0.4, 0.5) is 11.4 Å². The number of halogens is 2. The molecule has 0 bridgehead atoms. The summed E-state index contributed by atoms with van der Waals surface area (Å²) in [6.07, 6.45) is -0.0407. The lowest BCUT2D eigenvalue weighted by Crippen LogP contribution is -2.28. The number of carbonyl (C=O) groups excluding carboxylic acids is 3. The standard InChI is InChI=1S/C21H20Cl2N2O6/c1-29-14-4-6-18(30-2)17(9-14)25-10-12(7-20(25)27)21(28)31-11-19(26)24-16-8-13(22)3-5-15(16)23/h3-6,8-9,12H,7,10-11H2,1-2H3,(H,24,26)/t12-/m1/s1. The quantitative estimate of drug-likeness (QED) is 0.627. The molecule has 0 aliphatic carbocycles. The van der Waals surface area contributed by atoms with Gasteiger partial charge in [-0.05, 0) is 30.3 Å². The number of ether oxygens (including phenoxy) is 3. The highest BCUT2D eigenvalue weighted by Gasteiger charge is 2.37. The average molecular weight is 467 g/mol. The molecule has 0 spiro atoms. The van der Waals surface area contributed by atoms with Gasteiger partial charge in [0, 0.05) is 24.1 Å². The first-order chi connectivity index (χ1) is 14.8. The molecule has 2 aromatic rings. The number of nitrogens with one attached hydrogen (secondary N) is 1. The third kappa shape index (κ3) is 5.39. The molecule has 0 radical (unpaired) electrons. The highest BCUT2D eigenvalue weighted by Crippen LogP contribution is 2.36. The van der Waals surface area contributed by atoms with Crippen molar-refractivity contribution >= 4 is 52.4 Å². The zero-order valence-corrected chi connectivity index (χ0v) is 18.3.